The molecule has 0 aromatic carbocycles. The molecule has 0 bridgehead atoms. The third-order valence-electron chi connectivity index (χ3n) is 2.64. The van der Waals surface area contributed by atoms with Gasteiger partial charge in [0.05, 0.1) is 6.20 Å². The summed E-state index contributed by atoms with van der Waals surface area (Å²) in [6.07, 6.45) is 4.39. The molecule has 98 valence electrons. The molecule has 1 heterocycles. The lowest BCUT2D eigenvalue weighted by atomic mass is 10.2. The van der Waals surface area contributed by atoms with Crippen molar-refractivity contribution in [2.75, 3.05) is 13.6 Å². The van der Waals surface area contributed by atoms with Gasteiger partial charge in [-0.05, 0) is 6.42 Å². The molecule has 0 spiro atoms. The van der Waals surface area contributed by atoms with E-state index in [9.17, 15) is 8.42 Å². The Balaban J connectivity index is 2.80. The van der Waals surface area contributed by atoms with Gasteiger partial charge in [-0.3, -0.25) is 5.10 Å². The van der Waals surface area contributed by atoms with E-state index in [1.807, 2.05) is 0 Å². The molecular formula is C10H20N4O2S. The van der Waals surface area contributed by atoms with Gasteiger partial charge in [0, 0.05) is 25.7 Å². The van der Waals surface area contributed by atoms with Crippen LogP contribution in [0.25, 0.3) is 0 Å². The van der Waals surface area contributed by atoms with Gasteiger partial charge in [-0.15, -0.1) is 0 Å². The summed E-state index contributed by atoms with van der Waals surface area (Å²) < 4.78 is 25.7. The van der Waals surface area contributed by atoms with Crippen LogP contribution in [-0.4, -0.2) is 36.5 Å². The maximum Gasteiger partial charge on any atom is 0.260 e. The van der Waals surface area contributed by atoms with Crippen LogP contribution in [0.1, 0.15) is 31.7 Å². The molecule has 0 fully saturated rings. The first-order chi connectivity index (χ1) is 8.04. The number of sulfonamides is 1. The fraction of sp³-hybridized carbons (Fsp3) is 0.700. The monoisotopic (exact) mass is 260 g/mol. The average Bonchev–Trinajstić information content (AvgIpc) is 2.77. The van der Waals surface area contributed by atoms with Gasteiger partial charge in [0.2, 0.25) is 0 Å². The van der Waals surface area contributed by atoms with Crippen molar-refractivity contribution >= 4 is 10.0 Å². The maximum atomic E-state index is 12.2. The Morgan fingerprint density at radius 3 is 2.76 bits per heavy atom. The number of unbranched alkanes of at least 4 members (excludes halogenated alkanes) is 2. The van der Waals surface area contributed by atoms with E-state index in [4.69, 9.17) is 5.73 Å². The number of hydrogen-bond acceptors (Lipinski definition) is 4. The van der Waals surface area contributed by atoms with Crippen molar-refractivity contribution in [2.24, 2.45) is 5.73 Å². The number of nitrogens with one attached hydrogen (secondary N) is 1. The Hall–Kier alpha value is -0.920. The van der Waals surface area contributed by atoms with Gasteiger partial charge in [0.1, 0.15) is 0 Å². The quantitative estimate of drug-likeness (QED) is 0.705. The predicted octanol–water partition coefficient (Wildman–Crippen LogP) is 0.679. The van der Waals surface area contributed by atoms with Gasteiger partial charge < -0.3 is 5.73 Å². The van der Waals surface area contributed by atoms with Crippen molar-refractivity contribution < 1.29 is 8.42 Å². The molecule has 6 nitrogen and oxygen atoms in total. The van der Waals surface area contributed by atoms with E-state index in [-0.39, 0.29) is 11.6 Å². The number of nitrogens with zero attached hydrogens (tertiary/aromatic N) is 2. The molecule has 0 aliphatic carbocycles. The second kappa shape index (κ2) is 6.13. The highest BCUT2D eigenvalue weighted by atomic mass is 32.2. The van der Waals surface area contributed by atoms with Crippen molar-refractivity contribution in [3.05, 3.63) is 11.8 Å². The lowest BCUT2D eigenvalue weighted by Gasteiger charge is -2.16. The molecule has 1 aromatic rings. The van der Waals surface area contributed by atoms with Gasteiger partial charge in [-0.25, -0.2) is 8.42 Å². The smallest absolute Gasteiger partial charge is 0.260 e. The van der Waals surface area contributed by atoms with Gasteiger partial charge in [0.25, 0.3) is 10.0 Å². The summed E-state index contributed by atoms with van der Waals surface area (Å²) in [6, 6.07) is 0. The van der Waals surface area contributed by atoms with E-state index in [1.165, 1.54) is 10.5 Å². The Morgan fingerprint density at radius 1 is 1.47 bits per heavy atom. The van der Waals surface area contributed by atoms with Crippen LogP contribution in [0.3, 0.4) is 0 Å². The zero-order chi connectivity index (χ0) is 12.9. The molecule has 1 rings (SSSR count). The van der Waals surface area contributed by atoms with Crippen LogP contribution in [0.2, 0.25) is 0 Å². The largest absolute Gasteiger partial charge is 0.326 e. The van der Waals surface area contributed by atoms with Crippen LogP contribution in [0, 0.1) is 0 Å². The fourth-order valence-corrected chi connectivity index (χ4v) is 2.85. The van der Waals surface area contributed by atoms with Crippen LogP contribution in [0.5, 0.6) is 0 Å². The van der Waals surface area contributed by atoms with Gasteiger partial charge >= 0.3 is 0 Å². The van der Waals surface area contributed by atoms with Crippen molar-refractivity contribution in [1.29, 1.82) is 0 Å². The van der Waals surface area contributed by atoms with Crippen molar-refractivity contribution in [1.82, 2.24) is 14.5 Å². The highest BCUT2D eigenvalue weighted by Crippen LogP contribution is 2.16. The fourth-order valence-electron chi connectivity index (χ4n) is 1.53. The molecule has 0 aliphatic heterocycles. The summed E-state index contributed by atoms with van der Waals surface area (Å²) in [5.74, 6) is 0. The minimum Gasteiger partial charge on any atom is -0.326 e. The van der Waals surface area contributed by atoms with Crippen molar-refractivity contribution in [2.45, 2.75) is 37.8 Å². The summed E-state index contributed by atoms with van der Waals surface area (Å²) in [5.41, 5.74) is 5.99. The maximum absolute atomic E-state index is 12.2. The molecular weight excluding hydrogens is 240 g/mol. The lowest BCUT2D eigenvalue weighted by Crippen LogP contribution is -2.29. The number of hydrogen-bond donors (Lipinski definition) is 2. The van der Waals surface area contributed by atoms with Gasteiger partial charge in [-0.1, -0.05) is 19.8 Å². The number of nitrogens with two attached hydrogens (primary N) is 1. The molecule has 0 radical (unpaired) electrons. The number of rotatable bonds is 7. The average molecular weight is 260 g/mol. The Labute approximate surface area is 102 Å². The topological polar surface area (TPSA) is 92.1 Å². The van der Waals surface area contributed by atoms with Crippen LogP contribution in [0.15, 0.2) is 11.2 Å². The Kier molecular flexibility index (Phi) is 5.10. The molecule has 3 N–H and O–H groups in total. The number of H-pyrrole nitrogens is 1. The summed E-state index contributed by atoms with van der Waals surface area (Å²) in [7, 11) is -1.91. The first-order valence-electron chi connectivity index (χ1n) is 5.72. The molecule has 0 atom stereocenters. The second-order valence-electron chi connectivity index (χ2n) is 3.96. The normalized spacial score (nSPS) is 12.2. The SMILES string of the molecule is CCCCCN(C)S(=O)(=O)c1[nH]ncc1CN. The summed E-state index contributed by atoms with van der Waals surface area (Å²) in [5, 5.41) is 6.35. The van der Waals surface area contributed by atoms with E-state index in [0.717, 1.165) is 19.3 Å². The standard InChI is InChI=1S/C10H20N4O2S/c1-3-4-5-6-14(2)17(15,16)10-9(7-11)8-12-13-10/h8H,3-7,11H2,1-2H3,(H,12,13). The minimum absolute atomic E-state index is 0.110. The van der Waals surface area contributed by atoms with Crippen LogP contribution < -0.4 is 5.73 Å². The van der Waals surface area contributed by atoms with E-state index in [2.05, 4.69) is 17.1 Å². The highest BCUT2D eigenvalue weighted by Gasteiger charge is 2.24. The van der Waals surface area contributed by atoms with Gasteiger partial charge in [-0.2, -0.15) is 9.40 Å². The second-order valence-corrected chi connectivity index (χ2v) is 5.94. The Bertz CT molecular complexity index is 441. The van der Waals surface area contributed by atoms with Crippen LogP contribution in [-0.2, 0) is 16.6 Å². The predicted molar refractivity (Wildman–Crippen MR) is 65.8 cm³/mol. The van der Waals surface area contributed by atoms with E-state index in [1.54, 1.807) is 7.05 Å². The minimum atomic E-state index is -3.48. The van der Waals surface area contributed by atoms with E-state index >= 15 is 0 Å². The number of aromatic amines is 1. The molecule has 0 amide bonds. The summed E-state index contributed by atoms with van der Waals surface area (Å²) in [6.45, 7) is 2.75. The van der Waals surface area contributed by atoms with Crippen LogP contribution >= 0.6 is 0 Å². The first kappa shape index (κ1) is 14.1. The zero-order valence-electron chi connectivity index (χ0n) is 10.3. The van der Waals surface area contributed by atoms with Crippen molar-refractivity contribution in [3.8, 4) is 0 Å². The Morgan fingerprint density at radius 2 is 2.18 bits per heavy atom. The molecule has 17 heavy (non-hydrogen) atoms. The molecule has 1 aromatic heterocycles. The molecule has 0 aliphatic rings. The lowest BCUT2D eigenvalue weighted by molar-refractivity contribution is 0.451. The molecule has 0 unspecified atom stereocenters. The zero-order valence-corrected chi connectivity index (χ0v) is 11.1. The van der Waals surface area contributed by atoms with E-state index in [0.29, 0.717) is 12.1 Å². The molecule has 0 saturated heterocycles. The van der Waals surface area contributed by atoms with Gasteiger partial charge in [0.15, 0.2) is 5.03 Å². The van der Waals surface area contributed by atoms with Crippen LogP contribution in [0.4, 0.5) is 0 Å². The third kappa shape index (κ3) is 3.27. The van der Waals surface area contributed by atoms with Crippen molar-refractivity contribution in [3.63, 3.8) is 0 Å². The summed E-state index contributed by atoms with van der Waals surface area (Å²) in [4.78, 5) is 0. The van der Waals surface area contributed by atoms with E-state index < -0.39 is 10.0 Å². The first-order valence-corrected chi connectivity index (χ1v) is 7.16. The molecule has 7 heteroatoms. The molecule has 0 saturated carbocycles. The number of aromatic nitrogens is 2. The third-order valence-corrected chi connectivity index (χ3v) is 4.52. The summed E-state index contributed by atoms with van der Waals surface area (Å²) >= 11 is 0. The highest BCUT2D eigenvalue weighted by molar-refractivity contribution is 7.89.